The predicted molar refractivity (Wildman–Crippen MR) is 89.1 cm³/mol. The van der Waals surface area contributed by atoms with Crippen molar-refractivity contribution in [2.45, 2.75) is 18.8 Å². The summed E-state index contributed by atoms with van der Waals surface area (Å²) in [4.78, 5) is 15.4. The Kier molecular flexibility index (Phi) is 6.72. The smallest absolute Gasteiger partial charge is 0.433 e. The van der Waals surface area contributed by atoms with Gasteiger partial charge >= 0.3 is 6.18 Å². The first-order valence-electron chi connectivity index (χ1n) is 7.86. The van der Waals surface area contributed by atoms with E-state index in [1.165, 1.54) is 30.3 Å². The zero-order valence-electron chi connectivity index (χ0n) is 14.0. The molecule has 146 valence electrons. The Morgan fingerprint density at radius 3 is 2.67 bits per heavy atom. The number of hydrogen-bond donors (Lipinski definition) is 4. The molecule has 27 heavy (non-hydrogen) atoms. The highest BCUT2D eigenvalue weighted by atomic mass is 19.4. The summed E-state index contributed by atoms with van der Waals surface area (Å²) in [6.07, 6.45) is -5.75. The van der Waals surface area contributed by atoms with Gasteiger partial charge in [0.1, 0.15) is 11.4 Å². The first-order valence-corrected chi connectivity index (χ1v) is 7.86. The zero-order valence-corrected chi connectivity index (χ0v) is 14.0. The maximum absolute atomic E-state index is 12.9. The Morgan fingerprint density at radius 1 is 1.30 bits per heavy atom. The fourth-order valence-electron chi connectivity index (χ4n) is 2.07. The van der Waals surface area contributed by atoms with Gasteiger partial charge in [-0.05, 0) is 29.8 Å². The third kappa shape index (κ3) is 5.91. The van der Waals surface area contributed by atoms with Gasteiger partial charge in [-0.15, -0.1) is 0 Å². The van der Waals surface area contributed by atoms with Gasteiger partial charge in [0, 0.05) is 24.7 Å². The Bertz CT molecular complexity index is 799. The van der Waals surface area contributed by atoms with Crippen LogP contribution in [0.4, 0.5) is 13.2 Å². The molecule has 1 aromatic carbocycles. The quantitative estimate of drug-likeness (QED) is 0.573. The van der Waals surface area contributed by atoms with Crippen LogP contribution in [0.1, 0.15) is 21.6 Å². The Morgan fingerprint density at radius 2 is 2.04 bits per heavy atom. The number of aliphatic hydroxyl groups excluding tert-OH is 2. The van der Waals surface area contributed by atoms with Crippen molar-refractivity contribution < 1.29 is 32.9 Å². The van der Waals surface area contributed by atoms with Crippen LogP contribution in [0, 0.1) is 0 Å². The predicted octanol–water partition coefficient (Wildman–Crippen LogP) is 1.43. The molecule has 5 N–H and O–H groups in total. The van der Waals surface area contributed by atoms with Crippen LogP contribution >= 0.6 is 0 Å². The van der Waals surface area contributed by atoms with E-state index in [1.54, 1.807) is 0 Å². The number of nitrogens with zero attached hydrogens (tertiary/aromatic N) is 1. The summed E-state index contributed by atoms with van der Waals surface area (Å²) in [7, 11) is 0. The molecule has 1 heterocycles. The van der Waals surface area contributed by atoms with Gasteiger partial charge in [0.15, 0.2) is 0 Å². The van der Waals surface area contributed by atoms with Crippen molar-refractivity contribution in [2.75, 3.05) is 13.2 Å². The monoisotopic (exact) mass is 385 g/mol. The number of carbonyl (C=O) groups excluding carboxylic acids is 1. The summed E-state index contributed by atoms with van der Waals surface area (Å²) in [6, 6.07) is 7.81. The van der Waals surface area contributed by atoms with Crippen LogP contribution < -0.4 is 15.8 Å². The SMILES string of the molecule is NCc1cc(Oc2cccc(C(=O)NCC(O)CO)c2)nc(C(F)(F)F)c1. The van der Waals surface area contributed by atoms with Crippen molar-refractivity contribution in [1.29, 1.82) is 0 Å². The minimum atomic E-state index is -4.65. The van der Waals surface area contributed by atoms with E-state index in [2.05, 4.69) is 10.3 Å². The molecule has 2 aromatic rings. The maximum Gasteiger partial charge on any atom is 0.433 e. The first kappa shape index (κ1) is 20.6. The van der Waals surface area contributed by atoms with E-state index >= 15 is 0 Å². The second-order valence-corrected chi connectivity index (χ2v) is 5.58. The van der Waals surface area contributed by atoms with E-state index < -0.39 is 30.5 Å². The number of benzene rings is 1. The van der Waals surface area contributed by atoms with Crippen molar-refractivity contribution >= 4 is 5.91 Å². The number of nitrogens with one attached hydrogen (secondary N) is 1. The molecular weight excluding hydrogens is 367 g/mol. The van der Waals surface area contributed by atoms with E-state index in [9.17, 15) is 23.1 Å². The molecule has 1 aromatic heterocycles. The highest BCUT2D eigenvalue weighted by Crippen LogP contribution is 2.31. The van der Waals surface area contributed by atoms with Gasteiger partial charge in [0.25, 0.3) is 5.91 Å². The number of carbonyl (C=O) groups is 1. The van der Waals surface area contributed by atoms with Gasteiger partial charge in [-0.1, -0.05) is 6.07 Å². The largest absolute Gasteiger partial charge is 0.439 e. The van der Waals surface area contributed by atoms with Crippen LogP contribution in [0.25, 0.3) is 0 Å². The minimum Gasteiger partial charge on any atom is -0.439 e. The Hall–Kier alpha value is -2.69. The summed E-state index contributed by atoms with van der Waals surface area (Å²) in [5, 5.41) is 20.4. The average Bonchev–Trinajstić information content (AvgIpc) is 2.64. The van der Waals surface area contributed by atoms with Gasteiger partial charge in [-0.25, -0.2) is 4.98 Å². The lowest BCUT2D eigenvalue weighted by Crippen LogP contribution is -2.33. The third-order valence-electron chi connectivity index (χ3n) is 3.42. The molecule has 0 aliphatic heterocycles. The Labute approximate surface area is 152 Å². The molecule has 10 heteroatoms. The second-order valence-electron chi connectivity index (χ2n) is 5.58. The van der Waals surface area contributed by atoms with Crippen LogP contribution in [0.15, 0.2) is 36.4 Å². The number of ether oxygens (including phenoxy) is 1. The van der Waals surface area contributed by atoms with Crippen molar-refractivity contribution in [3.8, 4) is 11.6 Å². The molecule has 0 spiro atoms. The number of pyridine rings is 1. The van der Waals surface area contributed by atoms with Crippen molar-refractivity contribution in [3.05, 3.63) is 53.2 Å². The van der Waals surface area contributed by atoms with Gasteiger partial charge < -0.3 is 26.0 Å². The standard InChI is InChI=1S/C17H18F3N3O4/c18-17(19,20)14-4-10(7-21)5-15(23-14)27-13-3-1-2-11(6-13)16(26)22-8-12(25)9-24/h1-6,12,24-25H,7-9,21H2,(H,22,26). The fraction of sp³-hybridized carbons (Fsp3) is 0.294. The number of alkyl halides is 3. The molecule has 0 radical (unpaired) electrons. The van der Waals surface area contributed by atoms with Gasteiger partial charge in [0.2, 0.25) is 5.88 Å². The number of amides is 1. The highest BCUT2D eigenvalue weighted by molar-refractivity contribution is 5.94. The lowest BCUT2D eigenvalue weighted by molar-refractivity contribution is -0.141. The van der Waals surface area contributed by atoms with Crippen LogP contribution in [-0.2, 0) is 12.7 Å². The molecule has 1 atom stereocenters. The number of aliphatic hydroxyl groups is 2. The molecule has 7 nitrogen and oxygen atoms in total. The molecule has 0 aliphatic carbocycles. The fourth-order valence-corrected chi connectivity index (χ4v) is 2.07. The van der Waals surface area contributed by atoms with Gasteiger partial charge in [0.05, 0.1) is 12.7 Å². The number of halogens is 3. The molecule has 0 bridgehead atoms. The van der Waals surface area contributed by atoms with Crippen LogP contribution in [-0.4, -0.2) is 40.4 Å². The lowest BCUT2D eigenvalue weighted by atomic mass is 10.2. The van der Waals surface area contributed by atoms with E-state index in [4.69, 9.17) is 15.6 Å². The van der Waals surface area contributed by atoms with Crippen molar-refractivity contribution in [1.82, 2.24) is 10.3 Å². The second kappa shape index (κ2) is 8.80. The van der Waals surface area contributed by atoms with E-state index in [0.717, 1.165) is 6.07 Å². The first-order chi connectivity index (χ1) is 12.7. The number of hydrogen-bond acceptors (Lipinski definition) is 6. The average molecular weight is 385 g/mol. The summed E-state index contributed by atoms with van der Waals surface area (Å²) in [6.45, 7) is -0.791. The molecule has 0 fully saturated rings. The Balaban J connectivity index is 2.19. The zero-order chi connectivity index (χ0) is 20.0. The van der Waals surface area contributed by atoms with Gasteiger partial charge in [-0.2, -0.15) is 13.2 Å². The van der Waals surface area contributed by atoms with Crippen LogP contribution in [0.5, 0.6) is 11.6 Å². The maximum atomic E-state index is 12.9. The summed E-state index contributed by atoms with van der Waals surface area (Å²) >= 11 is 0. The minimum absolute atomic E-state index is 0.0974. The van der Waals surface area contributed by atoms with Crippen molar-refractivity contribution in [3.63, 3.8) is 0 Å². The van der Waals surface area contributed by atoms with E-state index in [-0.39, 0.29) is 35.8 Å². The molecule has 1 unspecified atom stereocenters. The summed E-state index contributed by atoms with van der Waals surface area (Å²) in [5.74, 6) is -0.758. The molecule has 0 saturated heterocycles. The van der Waals surface area contributed by atoms with Crippen LogP contribution in [0.3, 0.4) is 0 Å². The molecule has 1 amide bonds. The number of nitrogens with two attached hydrogens (primary N) is 1. The van der Waals surface area contributed by atoms with Crippen molar-refractivity contribution in [2.24, 2.45) is 5.73 Å². The number of rotatable bonds is 7. The lowest BCUT2D eigenvalue weighted by Gasteiger charge is -2.12. The van der Waals surface area contributed by atoms with Crippen LogP contribution in [0.2, 0.25) is 0 Å². The van der Waals surface area contributed by atoms with E-state index in [0.29, 0.717) is 0 Å². The topological polar surface area (TPSA) is 118 Å². The molecule has 0 aliphatic rings. The molecule has 2 rings (SSSR count). The third-order valence-corrected chi connectivity index (χ3v) is 3.42. The van der Waals surface area contributed by atoms with Gasteiger partial charge in [-0.3, -0.25) is 4.79 Å². The van der Waals surface area contributed by atoms with E-state index in [1.807, 2.05) is 0 Å². The summed E-state index contributed by atoms with van der Waals surface area (Å²) in [5.41, 5.74) is 4.63. The molecular formula is C17H18F3N3O4. The summed E-state index contributed by atoms with van der Waals surface area (Å²) < 4.78 is 44.1. The normalized spacial score (nSPS) is 12.5. The highest BCUT2D eigenvalue weighted by Gasteiger charge is 2.33. The number of aromatic nitrogens is 1. The molecule has 0 saturated carbocycles.